The maximum atomic E-state index is 10.9. The Morgan fingerprint density at radius 2 is 1.12 bits per heavy atom. The maximum absolute atomic E-state index is 10.9. The monoisotopic (exact) mass is 262 g/mol. The molecule has 0 heterocycles. The summed E-state index contributed by atoms with van der Waals surface area (Å²) in [7, 11) is 0. The average molecular weight is 263 g/mol. The summed E-state index contributed by atoms with van der Waals surface area (Å²) in [5, 5.41) is 17.9. The van der Waals surface area contributed by atoms with E-state index in [4.69, 9.17) is 10.2 Å². The molecular formula is C12H19ClO4. The van der Waals surface area contributed by atoms with Crippen molar-refractivity contribution < 1.29 is 19.8 Å². The number of carboxylic acid groups (broad SMARTS) is 2. The van der Waals surface area contributed by atoms with Crippen LogP contribution in [0.15, 0.2) is 0 Å². The van der Waals surface area contributed by atoms with Crippen molar-refractivity contribution in [3.05, 3.63) is 0 Å². The highest BCUT2D eigenvalue weighted by atomic mass is 35.5. The van der Waals surface area contributed by atoms with Gasteiger partial charge in [-0.1, -0.05) is 0 Å². The number of carbonyl (C=O) groups is 2. The molecule has 4 nitrogen and oxygen atoms in total. The molecule has 5 heteroatoms. The first-order valence-corrected chi connectivity index (χ1v) is 6.03. The molecule has 0 aromatic heterocycles. The lowest BCUT2D eigenvalue weighted by molar-refractivity contribution is -0.148. The van der Waals surface area contributed by atoms with Gasteiger partial charge in [0.15, 0.2) is 0 Å². The second-order valence-corrected chi connectivity index (χ2v) is 5.22. The van der Waals surface area contributed by atoms with Gasteiger partial charge in [-0.05, 0) is 50.4 Å². The third-order valence-electron chi connectivity index (χ3n) is 4.31. The van der Waals surface area contributed by atoms with Gasteiger partial charge in [-0.2, -0.15) is 0 Å². The topological polar surface area (TPSA) is 74.6 Å². The summed E-state index contributed by atoms with van der Waals surface area (Å²) in [4.78, 5) is 21.8. The average Bonchev–Trinajstić information content (AvgIpc) is 2.27. The van der Waals surface area contributed by atoms with Gasteiger partial charge in [0.2, 0.25) is 0 Å². The zero-order valence-corrected chi connectivity index (χ0v) is 10.5. The Kier molecular flexibility index (Phi) is 4.80. The SMILES string of the molecule is Cl.O=C(O)C1CCC2CC(C(=O)O)CCC2C1. The van der Waals surface area contributed by atoms with Gasteiger partial charge in [0.1, 0.15) is 0 Å². The quantitative estimate of drug-likeness (QED) is 0.801. The fourth-order valence-electron chi connectivity index (χ4n) is 3.34. The van der Waals surface area contributed by atoms with Gasteiger partial charge in [0, 0.05) is 0 Å². The Labute approximate surface area is 107 Å². The fourth-order valence-corrected chi connectivity index (χ4v) is 3.34. The number of fused-ring (bicyclic) bond motifs is 1. The molecule has 2 N–H and O–H groups in total. The molecule has 2 fully saturated rings. The lowest BCUT2D eigenvalue weighted by atomic mass is 9.65. The van der Waals surface area contributed by atoms with Crippen LogP contribution in [-0.2, 0) is 9.59 Å². The van der Waals surface area contributed by atoms with Gasteiger partial charge >= 0.3 is 11.9 Å². The predicted molar refractivity (Wildman–Crippen MR) is 64.2 cm³/mol. The van der Waals surface area contributed by atoms with Crippen molar-refractivity contribution in [1.29, 1.82) is 0 Å². The molecule has 0 aliphatic heterocycles. The lowest BCUT2D eigenvalue weighted by Gasteiger charge is -2.40. The van der Waals surface area contributed by atoms with Crippen LogP contribution in [0.25, 0.3) is 0 Å². The van der Waals surface area contributed by atoms with E-state index in [1.54, 1.807) is 0 Å². The summed E-state index contributed by atoms with van der Waals surface area (Å²) in [6.45, 7) is 0. The van der Waals surface area contributed by atoms with Crippen LogP contribution >= 0.6 is 12.4 Å². The van der Waals surface area contributed by atoms with Gasteiger partial charge < -0.3 is 10.2 Å². The van der Waals surface area contributed by atoms with Gasteiger partial charge in [0.05, 0.1) is 11.8 Å². The molecule has 0 aromatic carbocycles. The van der Waals surface area contributed by atoms with E-state index in [9.17, 15) is 9.59 Å². The molecule has 2 rings (SSSR count). The first-order chi connectivity index (χ1) is 7.58. The summed E-state index contributed by atoms with van der Waals surface area (Å²) >= 11 is 0. The highest BCUT2D eigenvalue weighted by molar-refractivity contribution is 5.85. The van der Waals surface area contributed by atoms with Crippen molar-refractivity contribution in [2.75, 3.05) is 0 Å². The summed E-state index contributed by atoms with van der Waals surface area (Å²) in [6, 6.07) is 0. The molecule has 0 amide bonds. The highest BCUT2D eigenvalue weighted by Gasteiger charge is 2.39. The van der Waals surface area contributed by atoms with Crippen LogP contribution in [0.5, 0.6) is 0 Å². The number of halogens is 1. The van der Waals surface area contributed by atoms with Crippen LogP contribution in [0.4, 0.5) is 0 Å². The Morgan fingerprint density at radius 3 is 1.41 bits per heavy atom. The van der Waals surface area contributed by atoms with Crippen LogP contribution in [-0.4, -0.2) is 22.2 Å². The second kappa shape index (κ2) is 5.71. The number of carboxylic acids is 2. The van der Waals surface area contributed by atoms with Crippen molar-refractivity contribution in [2.24, 2.45) is 23.7 Å². The Hall–Kier alpha value is -0.770. The first-order valence-electron chi connectivity index (χ1n) is 6.03. The largest absolute Gasteiger partial charge is 0.481 e. The summed E-state index contributed by atoms with van der Waals surface area (Å²) in [5.74, 6) is -0.848. The summed E-state index contributed by atoms with van der Waals surface area (Å²) in [5.41, 5.74) is 0. The molecule has 2 aliphatic rings. The van der Waals surface area contributed by atoms with Gasteiger partial charge in [-0.3, -0.25) is 9.59 Å². The Bertz CT molecular complexity index is 275. The predicted octanol–water partition coefficient (Wildman–Crippen LogP) is 2.41. The molecule has 0 bridgehead atoms. The molecule has 2 saturated carbocycles. The smallest absolute Gasteiger partial charge is 0.306 e. The van der Waals surface area contributed by atoms with Crippen molar-refractivity contribution in [1.82, 2.24) is 0 Å². The molecular weight excluding hydrogens is 244 g/mol. The molecule has 0 radical (unpaired) electrons. The van der Waals surface area contributed by atoms with Crippen LogP contribution < -0.4 is 0 Å². The summed E-state index contributed by atoms with van der Waals surface area (Å²) < 4.78 is 0. The number of hydrogen-bond donors (Lipinski definition) is 2. The highest BCUT2D eigenvalue weighted by Crippen LogP contribution is 2.44. The van der Waals surface area contributed by atoms with E-state index in [2.05, 4.69) is 0 Å². The van der Waals surface area contributed by atoms with E-state index in [-0.39, 0.29) is 24.2 Å². The van der Waals surface area contributed by atoms with Crippen molar-refractivity contribution >= 4 is 24.3 Å². The van der Waals surface area contributed by atoms with Crippen molar-refractivity contribution in [3.63, 3.8) is 0 Å². The molecule has 0 spiro atoms. The number of aliphatic carboxylic acids is 2. The standard InChI is InChI=1S/C12H18O4.ClH/c13-11(14)9-3-1-7-5-10(12(15)16)4-2-8(7)6-9;/h7-10H,1-6H2,(H,13,14)(H,15,16);1H. The minimum atomic E-state index is -0.682. The fraction of sp³-hybridized carbons (Fsp3) is 0.833. The van der Waals surface area contributed by atoms with Crippen LogP contribution in [0, 0.1) is 23.7 Å². The van der Waals surface area contributed by atoms with E-state index >= 15 is 0 Å². The van der Waals surface area contributed by atoms with Gasteiger partial charge in [-0.25, -0.2) is 0 Å². The van der Waals surface area contributed by atoms with E-state index in [1.165, 1.54) is 0 Å². The van der Waals surface area contributed by atoms with Crippen LogP contribution in [0.3, 0.4) is 0 Å². The Morgan fingerprint density at radius 1 is 0.765 bits per heavy atom. The zero-order valence-electron chi connectivity index (χ0n) is 9.67. The number of hydrogen-bond acceptors (Lipinski definition) is 2. The van der Waals surface area contributed by atoms with Gasteiger partial charge in [-0.15, -0.1) is 12.4 Å². The molecule has 0 saturated heterocycles. The van der Waals surface area contributed by atoms with Crippen LogP contribution in [0.1, 0.15) is 38.5 Å². The Balaban J connectivity index is 0.00000144. The first kappa shape index (κ1) is 14.3. The minimum Gasteiger partial charge on any atom is -0.481 e. The molecule has 98 valence electrons. The lowest BCUT2D eigenvalue weighted by Crippen LogP contribution is -2.35. The molecule has 2 aliphatic carbocycles. The van der Waals surface area contributed by atoms with Crippen molar-refractivity contribution in [2.45, 2.75) is 38.5 Å². The van der Waals surface area contributed by atoms with E-state index in [1.807, 2.05) is 0 Å². The van der Waals surface area contributed by atoms with Gasteiger partial charge in [0.25, 0.3) is 0 Å². The van der Waals surface area contributed by atoms with E-state index in [0.717, 1.165) is 38.5 Å². The second-order valence-electron chi connectivity index (χ2n) is 5.22. The molecule has 17 heavy (non-hydrogen) atoms. The van der Waals surface area contributed by atoms with E-state index in [0.29, 0.717) is 11.8 Å². The summed E-state index contributed by atoms with van der Waals surface area (Å²) in [6.07, 6.45) is 4.75. The minimum absolute atomic E-state index is 0. The normalized spacial score (nSPS) is 36.5. The number of rotatable bonds is 2. The van der Waals surface area contributed by atoms with E-state index < -0.39 is 11.9 Å². The van der Waals surface area contributed by atoms with Crippen LogP contribution in [0.2, 0.25) is 0 Å². The third kappa shape index (κ3) is 3.12. The third-order valence-corrected chi connectivity index (χ3v) is 4.31. The molecule has 0 aromatic rings. The molecule has 4 atom stereocenters. The zero-order chi connectivity index (χ0) is 11.7. The van der Waals surface area contributed by atoms with Crippen molar-refractivity contribution in [3.8, 4) is 0 Å². The molecule has 4 unspecified atom stereocenters. The maximum Gasteiger partial charge on any atom is 0.306 e.